The molecule has 1 atom stereocenters. The predicted molar refractivity (Wildman–Crippen MR) is 124 cm³/mol. The molecule has 3 aromatic rings. The summed E-state index contributed by atoms with van der Waals surface area (Å²) in [6, 6.07) is 17.1. The maximum absolute atomic E-state index is 13.1. The highest BCUT2D eigenvalue weighted by Crippen LogP contribution is 2.40. The van der Waals surface area contributed by atoms with Gasteiger partial charge in [-0.1, -0.05) is 46.3 Å². The van der Waals surface area contributed by atoms with Crippen molar-refractivity contribution in [2.75, 3.05) is 6.61 Å². The van der Waals surface area contributed by atoms with Gasteiger partial charge in [0, 0.05) is 29.0 Å². The summed E-state index contributed by atoms with van der Waals surface area (Å²) in [6.45, 7) is 2.53. The zero-order valence-electron chi connectivity index (χ0n) is 17.4. The number of rotatable bonds is 6. The first-order valence-corrected chi connectivity index (χ1v) is 10.9. The number of aliphatic hydroxyl groups excluding tert-OH is 1. The Hall–Kier alpha value is -3.45. The van der Waals surface area contributed by atoms with E-state index < -0.39 is 17.7 Å². The SMILES string of the molecule is CCOc1cccc(/C(O)=C2\C(=O)C(=O)N(Cc3cccnc3)C2c2ccc(Br)cc2)c1. The van der Waals surface area contributed by atoms with Crippen molar-refractivity contribution in [3.8, 4) is 5.75 Å². The molecule has 0 radical (unpaired) electrons. The molecule has 0 aliphatic carbocycles. The lowest BCUT2D eigenvalue weighted by molar-refractivity contribution is -0.140. The molecule has 1 N–H and O–H groups in total. The van der Waals surface area contributed by atoms with Crippen molar-refractivity contribution in [1.82, 2.24) is 9.88 Å². The molecule has 1 aliphatic rings. The maximum Gasteiger partial charge on any atom is 0.295 e. The molecule has 6 nitrogen and oxygen atoms in total. The maximum atomic E-state index is 13.1. The van der Waals surface area contributed by atoms with Crippen LogP contribution in [-0.2, 0) is 16.1 Å². The number of Topliss-reactive ketones (excluding diaryl/α,β-unsaturated/α-hetero) is 1. The number of benzene rings is 2. The highest BCUT2D eigenvalue weighted by atomic mass is 79.9. The van der Waals surface area contributed by atoms with Crippen molar-refractivity contribution in [3.63, 3.8) is 0 Å². The summed E-state index contributed by atoms with van der Waals surface area (Å²) in [5.74, 6) is -1.04. The molecule has 2 heterocycles. The standard InChI is InChI=1S/C25H21BrN2O4/c1-2-32-20-7-3-6-18(13-20)23(29)21-22(17-8-10-19(26)11-9-17)28(25(31)24(21)30)15-16-5-4-12-27-14-16/h3-14,22,29H,2,15H2,1H3/b23-21+. The van der Waals surface area contributed by atoms with Gasteiger partial charge in [0.2, 0.25) is 0 Å². The Bertz CT molecular complexity index is 1180. The second-order valence-corrected chi connectivity index (χ2v) is 8.22. The first kappa shape index (κ1) is 21.8. The third kappa shape index (κ3) is 4.29. The number of carbonyl (C=O) groups excluding carboxylic acids is 2. The number of ether oxygens (including phenoxy) is 1. The van der Waals surface area contributed by atoms with Crippen molar-refractivity contribution in [1.29, 1.82) is 0 Å². The largest absolute Gasteiger partial charge is 0.507 e. The Kier molecular flexibility index (Phi) is 6.37. The molecule has 2 aromatic carbocycles. The zero-order chi connectivity index (χ0) is 22.7. The fraction of sp³-hybridized carbons (Fsp3) is 0.160. The fourth-order valence-electron chi connectivity index (χ4n) is 3.78. The highest BCUT2D eigenvalue weighted by Gasteiger charge is 2.46. The third-order valence-corrected chi connectivity index (χ3v) is 5.75. The highest BCUT2D eigenvalue weighted by molar-refractivity contribution is 9.10. The number of likely N-dealkylation sites (tertiary alicyclic amines) is 1. The molecule has 0 bridgehead atoms. The minimum absolute atomic E-state index is 0.0508. The minimum atomic E-state index is -0.737. The van der Waals surface area contributed by atoms with E-state index in [0.29, 0.717) is 17.9 Å². The van der Waals surface area contributed by atoms with E-state index in [1.54, 1.807) is 42.7 Å². The number of carbonyl (C=O) groups is 2. The second-order valence-electron chi connectivity index (χ2n) is 7.30. The van der Waals surface area contributed by atoms with E-state index in [1.165, 1.54) is 4.90 Å². The number of ketones is 1. The molecule has 162 valence electrons. The Morgan fingerprint density at radius 1 is 1.12 bits per heavy atom. The molecule has 0 spiro atoms. The Morgan fingerprint density at radius 3 is 2.59 bits per heavy atom. The van der Waals surface area contributed by atoms with Crippen molar-refractivity contribution < 1.29 is 19.4 Å². The molecule has 1 fully saturated rings. The molecule has 4 rings (SSSR count). The molecule has 1 amide bonds. The normalized spacial score (nSPS) is 17.6. The summed E-state index contributed by atoms with van der Waals surface area (Å²) < 4.78 is 6.39. The van der Waals surface area contributed by atoms with E-state index in [-0.39, 0.29) is 17.9 Å². The monoisotopic (exact) mass is 492 g/mol. The van der Waals surface area contributed by atoms with Gasteiger partial charge in [0.05, 0.1) is 18.2 Å². The molecule has 32 heavy (non-hydrogen) atoms. The fourth-order valence-corrected chi connectivity index (χ4v) is 4.04. The number of amides is 1. The van der Waals surface area contributed by atoms with Crippen LogP contribution in [0.15, 0.2) is 83.1 Å². The first-order valence-electron chi connectivity index (χ1n) is 10.2. The lowest BCUT2D eigenvalue weighted by atomic mass is 9.95. The Labute approximate surface area is 194 Å². The minimum Gasteiger partial charge on any atom is -0.507 e. The van der Waals surface area contributed by atoms with Gasteiger partial charge in [-0.2, -0.15) is 0 Å². The van der Waals surface area contributed by atoms with Crippen LogP contribution in [0, 0.1) is 0 Å². The van der Waals surface area contributed by atoms with Crippen molar-refractivity contribution in [2.45, 2.75) is 19.5 Å². The van der Waals surface area contributed by atoms with E-state index in [2.05, 4.69) is 20.9 Å². The van der Waals surface area contributed by atoms with E-state index in [4.69, 9.17) is 4.74 Å². The number of halogens is 1. The van der Waals surface area contributed by atoms with Gasteiger partial charge in [-0.3, -0.25) is 14.6 Å². The average Bonchev–Trinajstić information content (AvgIpc) is 3.05. The van der Waals surface area contributed by atoms with Gasteiger partial charge in [0.1, 0.15) is 11.5 Å². The summed E-state index contributed by atoms with van der Waals surface area (Å²) >= 11 is 3.42. The summed E-state index contributed by atoms with van der Waals surface area (Å²) in [5.41, 5.74) is 1.97. The van der Waals surface area contributed by atoms with Crippen LogP contribution < -0.4 is 4.74 Å². The van der Waals surface area contributed by atoms with Crippen molar-refractivity contribution >= 4 is 33.4 Å². The number of pyridine rings is 1. The Morgan fingerprint density at radius 2 is 1.91 bits per heavy atom. The molecular formula is C25H21BrN2O4. The Balaban J connectivity index is 1.84. The summed E-state index contributed by atoms with van der Waals surface area (Å²) in [5, 5.41) is 11.2. The van der Waals surface area contributed by atoms with Crippen molar-refractivity contribution in [3.05, 3.63) is 99.8 Å². The van der Waals surface area contributed by atoms with Crippen LogP contribution in [-0.4, -0.2) is 33.3 Å². The van der Waals surface area contributed by atoms with Crippen LogP contribution in [0.5, 0.6) is 5.75 Å². The third-order valence-electron chi connectivity index (χ3n) is 5.22. The smallest absolute Gasteiger partial charge is 0.295 e. The van der Waals surface area contributed by atoms with Crippen LogP contribution >= 0.6 is 15.9 Å². The number of aliphatic hydroxyl groups is 1. The average molecular weight is 493 g/mol. The molecule has 1 aliphatic heterocycles. The number of hydrogen-bond acceptors (Lipinski definition) is 5. The van der Waals surface area contributed by atoms with Gasteiger partial charge in [-0.25, -0.2) is 0 Å². The molecule has 0 saturated carbocycles. The lowest BCUT2D eigenvalue weighted by Gasteiger charge is -2.25. The summed E-state index contributed by atoms with van der Waals surface area (Å²) in [7, 11) is 0. The number of nitrogens with zero attached hydrogens (tertiary/aromatic N) is 2. The second kappa shape index (κ2) is 9.36. The van der Waals surface area contributed by atoms with Crippen LogP contribution in [0.1, 0.15) is 29.7 Å². The van der Waals surface area contributed by atoms with E-state index in [0.717, 1.165) is 15.6 Å². The van der Waals surface area contributed by atoms with Gasteiger partial charge in [0.15, 0.2) is 0 Å². The topological polar surface area (TPSA) is 79.7 Å². The lowest BCUT2D eigenvalue weighted by Crippen LogP contribution is -2.29. The van der Waals surface area contributed by atoms with Gasteiger partial charge >= 0.3 is 0 Å². The van der Waals surface area contributed by atoms with E-state index in [1.807, 2.05) is 37.3 Å². The van der Waals surface area contributed by atoms with Crippen molar-refractivity contribution in [2.24, 2.45) is 0 Å². The van der Waals surface area contributed by atoms with Crippen LogP contribution in [0.3, 0.4) is 0 Å². The number of aromatic nitrogens is 1. The first-order chi connectivity index (χ1) is 15.5. The summed E-state index contributed by atoms with van der Waals surface area (Å²) in [6.07, 6.45) is 3.30. The quantitative estimate of drug-likeness (QED) is 0.301. The van der Waals surface area contributed by atoms with Crippen LogP contribution in [0.25, 0.3) is 5.76 Å². The molecule has 1 saturated heterocycles. The van der Waals surface area contributed by atoms with Gasteiger partial charge in [0.25, 0.3) is 11.7 Å². The van der Waals surface area contributed by atoms with Gasteiger partial charge in [-0.15, -0.1) is 0 Å². The molecule has 7 heteroatoms. The van der Waals surface area contributed by atoms with Crippen LogP contribution in [0.4, 0.5) is 0 Å². The molecule has 1 aromatic heterocycles. The zero-order valence-corrected chi connectivity index (χ0v) is 19.0. The number of hydrogen-bond donors (Lipinski definition) is 1. The van der Waals surface area contributed by atoms with E-state index >= 15 is 0 Å². The van der Waals surface area contributed by atoms with Crippen LogP contribution in [0.2, 0.25) is 0 Å². The van der Waals surface area contributed by atoms with Gasteiger partial charge < -0.3 is 14.7 Å². The van der Waals surface area contributed by atoms with E-state index in [9.17, 15) is 14.7 Å². The summed E-state index contributed by atoms with van der Waals surface area (Å²) in [4.78, 5) is 31.7. The molecular weight excluding hydrogens is 472 g/mol. The predicted octanol–water partition coefficient (Wildman–Crippen LogP) is 4.86. The molecule has 1 unspecified atom stereocenters. The van der Waals surface area contributed by atoms with Gasteiger partial charge in [-0.05, 0) is 48.4 Å².